The fourth-order valence-electron chi connectivity index (χ4n) is 4.27. The lowest BCUT2D eigenvalue weighted by atomic mass is 9.78. The van der Waals surface area contributed by atoms with Crippen LogP contribution in [-0.2, 0) is 4.79 Å². The first kappa shape index (κ1) is 17.6. The van der Waals surface area contributed by atoms with Crippen molar-refractivity contribution >= 4 is 18.3 Å². The maximum atomic E-state index is 13.8. The van der Waals surface area contributed by atoms with Gasteiger partial charge in [-0.1, -0.05) is 6.07 Å². The third-order valence-corrected chi connectivity index (χ3v) is 5.94. The number of halogens is 3. The van der Waals surface area contributed by atoms with Gasteiger partial charge in [0.25, 0.3) is 0 Å². The first-order valence-electron chi connectivity index (χ1n) is 8.52. The number of piperidine rings is 1. The quantitative estimate of drug-likeness (QED) is 0.883. The van der Waals surface area contributed by atoms with Crippen LogP contribution in [0.3, 0.4) is 0 Å². The minimum Gasteiger partial charge on any atom is -0.342 e. The summed E-state index contributed by atoms with van der Waals surface area (Å²) in [5.74, 6) is -1.14. The van der Waals surface area contributed by atoms with Crippen molar-refractivity contribution in [2.24, 2.45) is 11.3 Å². The second-order valence-electron chi connectivity index (χ2n) is 7.37. The summed E-state index contributed by atoms with van der Waals surface area (Å²) in [6, 6.07) is 3.67. The van der Waals surface area contributed by atoms with Crippen molar-refractivity contribution < 1.29 is 13.6 Å². The molecule has 0 radical (unpaired) electrons. The van der Waals surface area contributed by atoms with Gasteiger partial charge in [-0.2, -0.15) is 0 Å². The van der Waals surface area contributed by atoms with Crippen LogP contribution < -0.4 is 5.32 Å². The lowest BCUT2D eigenvalue weighted by Gasteiger charge is -2.39. The standard InChI is InChI=1S/C18H22F2N2O.ClH/c19-12-1-2-13(16(20)9-12)14-10-15(14)17(23)22-7-4-18(5-8-22)3-6-21-11-18;/h1-2,9,14-15,21H,3-8,10-11H2;1H. The molecule has 2 saturated heterocycles. The summed E-state index contributed by atoms with van der Waals surface area (Å²) in [5.41, 5.74) is 0.876. The highest BCUT2D eigenvalue weighted by molar-refractivity contribution is 5.85. The number of rotatable bonds is 2. The maximum Gasteiger partial charge on any atom is 0.226 e. The Balaban J connectivity index is 0.00000169. The van der Waals surface area contributed by atoms with E-state index in [0.29, 0.717) is 17.4 Å². The number of carbonyl (C=O) groups is 1. The molecule has 2 heterocycles. The molecule has 1 aromatic carbocycles. The van der Waals surface area contributed by atoms with E-state index in [4.69, 9.17) is 0 Å². The SMILES string of the molecule is Cl.O=C(C1CC1c1ccc(F)cc1F)N1CCC2(CCNC2)CC1. The van der Waals surface area contributed by atoms with E-state index in [9.17, 15) is 13.6 Å². The van der Waals surface area contributed by atoms with E-state index in [2.05, 4.69) is 5.32 Å². The Hall–Kier alpha value is -1.20. The molecule has 1 saturated carbocycles. The van der Waals surface area contributed by atoms with Gasteiger partial charge in [-0.25, -0.2) is 8.78 Å². The van der Waals surface area contributed by atoms with Gasteiger partial charge >= 0.3 is 0 Å². The predicted molar refractivity (Wildman–Crippen MR) is 90.2 cm³/mol. The van der Waals surface area contributed by atoms with Gasteiger partial charge in [-0.15, -0.1) is 12.4 Å². The predicted octanol–water partition coefficient (Wildman–Crippen LogP) is 3.09. The van der Waals surface area contributed by atoms with E-state index in [1.165, 1.54) is 18.6 Å². The number of hydrogen-bond donors (Lipinski definition) is 1. The molecule has 1 aliphatic carbocycles. The molecule has 6 heteroatoms. The summed E-state index contributed by atoms with van der Waals surface area (Å²) in [4.78, 5) is 14.6. The second kappa shape index (κ2) is 6.60. The number of nitrogens with one attached hydrogen (secondary N) is 1. The smallest absolute Gasteiger partial charge is 0.226 e. The highest BCUT2D eigenvalue weighted by Crippen LogP contribution is 2.50. The monoisotopic (exact) mass is 356 g/mol. The first-order valence-corrected chi connectivity index (χ1v) is 8.52. The van der Waals surface area contributed by atoms with Crippen LogP contribution in [0.4, 0.5) is 8.78 Å². The van der Waals surface area contributed by atoms with Gasteiger partial charge in [-0.05, 0) is 55.2 Å². The van der Waals surface area contributed by atoms with Crippen LogP contribution >= 0.6 is 12.4 Å². The zero-order valence-corrected chi connectivity index (χ0v) is 14.4. The molecule has 3 fully saturated rings. The van der Waals surface area contributed by atoms with Crippen LogP contribution in [0.1, 0.15) is 37.2 Å². The van der Waals surface area contributed by atoms with E-state index in [0.717, 1.165) is 45.1 Å². The van der Waals surface area contributed by atoms with Gasteiger partial charge in [-0.3, -0.25) is 4.79 Å². The van der Waals surface area contributed by atoms with Crippen molar-refractivity contribution in [1.82, 2.24) is 10.2 Å². The summed E-state index contributed by atoms with van der Waals surface area (Å²) >= 11 is 0. The molecule has 1 amide bonds. The third-order valence-electron chi connectivity index (χ3n) is 5.94. The van der Waals surface area contributed by atoms with Crippen LogP contribution in [0.5, 0.6) is 0 Å². The van der Waals surface area contributed by atoms with Crippen LogP contribution in [0.15, 0.2) is 18.2 Å². The summed E-state index contributed by atoms with van der Waals surface area (Å²) < 4.78 is 26.9. The highest BCUT2D eigenvalue weighted by Gasteiger charge is 2.48. The Labute approximate surface area is 147 Å². The Morgan fingerprint density at radius 1 is 1.21 bits per heavy atom. The molecular weight excluding hydrogens is 334 g/mol. The Morgan fingerprint density at radius 3 is 2.58 bits per heavy atom. The van der Waals surface area contributed by atoms with Crippen molar-refractivity contribution in [2.75, 3.05) is 26.2 Å². The van der Waals surface area contributed by atoms with E-state index in [1.807, 2.05) is 4.90 Å². The number of carbonyl (C=O) groups excluding carboxylic acids is 1. The van der Waals surface area contributed by atoms with Crippen molar-refractivity contribution in [3.05, 3.63) is 35.4 Å². The van der Waals surface area contributed by atoms with E-state index in [1.54, 1.807) is 0 Å². The first-order chi connectivity index (χ1) is 11.1. The van der Waals surface area contributed by atoms with Crippen molar-refractivity contribution in [3.8, 4) is 0 Å². The largest absolute Gasteiger partial charge is 0.342 e. The molecule has 1 spiro atoms. The van der Waals surface area contributed by atoms with Gasteiger partial charge in [0.2, 0.25) is 5.91 Å². The van der Waals surface area contributed by atoms with Crippen LogP contribution in [0, 0.1) is 23.0 Å². The van der Waals surface area contributed by atoms with Crippen molar-refractivity contribution in [3.63, 3.8) is 0 Å². The molecule has 0 bridgehead atoms. The zero-order valence-electron chi connectivity index (χ0n) is 13.6. The third kappa shape index (κ3) is 3.16. The molecule has 1 aromatic rings. The van der Waals surface area contributed by atoms with Gasteiger partial charge < -0.3 is 10.2 Å². The Morgan fingerprint density at radius 2 is 1.96 bits per heavy atom. The van der Waals surface area contributed by atoms with Gasteiger partial charge in [0.05, 0.1) is 0 Å². The maximum absolute atomic E-state index is 13.8. The zero-order chi connectivity index (χ0) is 16.0. The number of hydrogen-bond acceptors (Lipinski definition) is 2. The molecule has 24 heavy (non-hydrogen) atoms. The summed E-state index contributed by atoms with van der Waals surface area (Å²) in [5, 5.41) is 3.43. The molecule has 0 aromatic heterocycles. The number of amides is 1. The lowest BCUT2D eigenvalue weighted by molar-refractivity contribution is -0.134. The Kier molecular flexibility index (Phi) is 4.85. The van der Waals surface area contributed by atoms with Crippen molar-refractivity contribution in [2.45, 2.75) is 31.6 Å². The van der Waals surface area contributed by atoms with Crippen molar-refractivity contribution in [1.29, 1.82) is 0 Å². The van der Waals surface area contributed by atoms with E-state index < -0.39 is 11.6 Å². The molecular formula is C18H23ClF2N2O. The average molecular weight is 357 g/mol. The lowest BCUT2D eigenvalue weighted by Crippen LogP contribution is -2.44. The fourth-order valence-corrected chi connectivity index (χ4v) is 4.27. The fraction of sp³-hybridized carbons (Fsp3) is 0.611. The average Bonchev–Trinajstić information content (AvgIpc) is 3.20. The molecule has 2 aliphatic heterocycles. The minimum atomic E-state index is -0.568. The summed E-state index contributed by atoms with van der Waals surface area (Å²) in [7, 11) is 0. The second-order valence-corrected chi connectivity index (χ2v) is 7.37. The Bertz CT molecular complexity index is 623. The van der Waals surface area contributed by atoms with Crippen LogP contribution in [0.25, 0.3) is 0 Å². The van der Waals surface area contributed by atoms with E-state index >= 15 is 0 Å². The molecule has 132 valence electrons. The number of nitrogens with zero attached hydrogens (tertiary/aromatic N) is 1. The van der Waals surface area contributed by atoms with Gasteiger partial charge in [0, 0.05) is 31.6 Å². The van der Waals surface area contributed by atoms with Gasteiger partial charge in [0.15, 0.2) is 0 Å². The van der Waals surface area contributed by atoms with Crippen LogP contribution in [0.2, 0.25) is 0 Å². The molecule has 2 atom stereocenters. The number of likely N-dealkylation sites (tertiary alicyclic amines) is 1. The normalized spacial score (nSPS) is 27.8. The van der Waals surface area contributed by atoms with Crippen LogP contribution in [-0.4, -0.2) is 37.0 Å². The molecule has 4 rings (SSSR count). The number of benzene rings is 1. The topological polar surface area (TPSA) is 32.3 Å². The summed E-state index contributed by atoms with van der Waals surface area (Å²) in [6.07, 6.45) is 4.02. The van der Waals surface area contributed by atoms with Gasteiger partial charge in [0.1, 0.15) is 11.6 Å². The molecule has 3 aliphatic rings. The minimum absolute atomic E-state index is 0. The molecule has 2 unspecified atom stereocenters. The molecule has 1 N–H and O–H groups in total. The van der Waals surface area contributed by atoms with E-state index in [-0.39, 0.29) is 30.2 Å². The summed E-state index contributed by atoms with van der Waals surface area (Å²) in [6.45, 7) is 3.79. The molecule has 3 nitrogen and oxygen atoms in total. The highest BCUT2D eigenvalue weighted by atomic mass is 35.5.